The van der Waals surface area contributed by atoms with E-state index in [0.29, 0.717) is 6.04 Å². The van der Waals surface area contributed by atoms with Crippen molar-refractivity contribution in [1.82, 2.24) is 10.3 Å². The monoisotopic (exact) mass is 180 g/mol. The van der Waals surface area contributed by atoms with Crippen molar-refractivity contribution in [2.45, 2.75) is 25.3 Å². The lowest BCUT2D eigenvalue weighted by atomic mass is 9.98. The summed E-state index contributed by atoms with van der Waals surface area (Å²) in [4.78, 5) is 3.54. The van der Waals surface area contributed by atoms with E-state index in [-0.39, 0.29) is 5.95 Å². The fraction of sp³-hybridized carbons (Fsp3) is 0.500. The van der Waals surface area contributed by atoms with Gasteiger partial charge in [0.25, 0.3) is 0 Å². The molecule has 1 N–H and O–H groups in total. The van der Waals surface area contributed by atoms with E-state index in [1.807, 2.05) is 6.07 Å². The lowest BCUT2D eigenvalue weighted by Gasteiger charge is -2.23. The van der Waals surface area contributed by atoms with Crippen LogP contribution in [0.25, 0.3) is 0 Å². The molecule has 0 bridgehead atoms. The number of rotatable bonds is 1. The topological polar surface area (TPSA) is 24.9 Å². The number of nitrogens with one attached hydrogen (secondary N) is 1. The molecule has 1 aromatic rings. The highest BCUT2D eigenvalue weighted by atomic mass is 19.1. The van der Waals surface area contributed by atoms with Crippen LogP contribution in [0.4, 0.5) is 4.39 Å². The van der Waals surface area contributed by atoms with E-state index < -0.39 is 0 Å². The number of aromatic nitrogens is 1. The summed E-state index contributed by atoms with van der Waals surface area (Å²) in [7, 11) is 0. The van der Waals surface area contributed by atoms with Crippen molar-refractivity contribution in [3.05, 3.63) is 29.8 Å². The highest BCUT2D eigenvalue weighted by molar-refractivity contribution is 5.16. The zero-order valence-electron chi connectivity index (χ0n) is 7.46. The summed E-state index contributed by atoms with van der Waals surface area (Å²) >= 11 is 0. The van der Waals surface area contributed by atoms with Crippen LogP contribution < -0.4 is 5.32 Å². The van der Waals surface area contributed by atoms with Crippen LogP contribution in [0.3, 0.4) is 0 Å². The lowest BCUT2D eigenvalue weighted by molar-refractivity contribution is 0.410. The minimum absolute atomic E-state index is 0.325. The van der Waals surface area contributed by atoms with Crippen molar-refractivity contribution in [2.24, 2.45) is 0 Å². The fourth-order valence-electron chi connectivity index (χ4n) is 1.77. The number of piperidine rings is 1. The summed E-state index contributed by atoms with van der Waals surface area (Å²) in [6.45, 7) is 1.04. The first-order valence-electron chi connectivity index (χ1n) is 4.71. The molecule has 2 heterocycles. The van der Waals surface area contributed by atoms with Crippen LogP contribution in [-0.2, 0) is 0 Å². The molecule has 2 nitrogen and oxygen atoms in total. The van der Waals surface area contributed by atoms with Gasteiger partial charge in [-0.25, -0.2) is 4.98 Å². The predicted molar refractivity (Wildman–Crippen MR) is 48.8 cm³/mol. The molecule has 0 saturated carbocycles. The molecular weight excluding hydrogens is 167 g/mol. The molecule has 1 aromatic heterocycles. The maximum atomic E-state index is 12.8. The van der Waals surface area contributed by atoms with Gasteiger partial charge in [-0.05, 0) is 37.1 Å². The maximum Gasteiger partial charge on any atom is 0.213 e. The zero-order chi connectivity index (χ0) is 9.10. The van der Waals surface area contributed by atoms with Crippen molar-refractivity contribution in [2.75, 3.05) is 6.54 Å². The SMILES string of the molecule is Fc1cc(C2CCCCN2)ccn1. The van der Waals surface area contributed by atoms with Gasteiger partial charge in [-0.3, -0.25) is 0 Å². The Hall–Kier alpha value is -0.960. The van der Waals surface area contributed by atoms with Gasteiger partial charge in [0.1, 0.15) is 0 Å². The van der Waals surface area contributed by atoms with Crippen LogP contribution in [0.15, 0.2) is 18.3 Å². The predicted octanol–water partition coefficient (Wildman–Crippen LogP) is 2.04. The van der Waals surface area contributed by atoms with E-state index in [1.54, 1.807) is 0 Å². The van der Waals surface area contributed by atoms with Crippen LogP contribution in [0, 0.1) is 5.95 Å². The molecule has 0 amide bonds. The highest BCUT2D eigenvalue weighted by Gasteiger charge is 2.14. The molecule has 1 unspecified atom stereocenters. The van der Waals surface area contributed by atoms with Crippen molar-refractivity contribution in [3.8, 4) is 0 Å². The molecule has 1 saturated heterocycles. The third kappa shape index (κ3) is 2.04. The van der Waals surface area contributed by atoms with E-state index >= 15 is 0 Å². The van der Waals surface area contributed by atoms with Gasteiger partial charge in [0.05, 0.1) is 0 Å². The molecular formula is C10H13FN2. The Morgan fingerprint density at radius 2 is 2.38 bits per heavy atom. The molecule has 1 atom stereocenters. The summed E-state index contributed by atoms with van der Waals surface area (Å²) in [5.41, 5.74) is 1.02. The molecule has 3 heteroatoms. The minimum atomic E-state index is -0.384. The number of hydrogen-bond acceptors (Lipinski definition) is 2. The molecule has 0 radical (unpaired) electrons. The quantitative estimate of drug-likeness (QED) is 0.669. The molecule has 0 aromatic carbocycles. The van der Waals surface area contributed by atoms with Crippen LogP contribution in [0.2, 0.25) is 0 Å². The Kier molecular flexibility index (Phi) is 2.54. The Bertz CT molecular complexity index is 282. The van der Waals surface area contributed by atoms with Gasteiger partial charge < -0.3 is 5.32 Å². The first kappa shape index (κ1) is 8.63. The van der Waals surface area contributed by atoms with Gasteiger partial charge in [-0.2, -0.15) is 4.39 Å². The second-order valence-corrected chi connectivity index (χ2v) is 3.41. The first-order chi connectivity index (χ1) is 6.36. The van der Waals surface area contributed by atoms with Gasteiger partial charge in [-0.1, -0.05) is 6.42 Å². The Balaban J connectivity index is 2.14. The van der Waals surface area contributed by atoms with Gasteiger partial charge >= 0.3 is 0 Å². The van der Waals surface area contributed by atoms with E-state index in [2.05, 4.69) is 10.3 Å². The van der Waals surface area contributed by atoms with Crippen LogP contribution in [0.1, 0.15) is 30.9 Å². The highest BCUT2D eigenvalue weighted by Crippen LogP contribution is 2.22. The summed E-state index contributed by atoms with van der Waals surface area (Å²) < 4.78 is 12.8. The summed E-state index contributed by atoms with van der Waals surface area (Å²) in [6, 6.07) is 3.72. The standard InChI is InChI=1S/C10H13FN2/c11-10-7-8(4-6-13-10)9-3-1-2-5-12-9/h4,6-7,9,12H,1-3,5H2. The smallest absolute Gasteiger partial charge is 0.213 e. The number of nitrogens with zero attached hydrogens (tertiary/aromatic N) is 1. The fourth-order valence-corrected chi connectivity index (χ4v) is 1.77. The molecule has 2 rings (SSSR count). The summed E-state index contributed by atoms with van der Waals surface area (Å²) in [6.07, 6.45) is 5.08. The van der Waals surface area contributed by atoms with Crippen molar-refractivity contribution >= 4 is 0 Å². The second kappa shape index (κ2) is 3.83. The van der Waals surface area contributed by atoms with Gasteiger partial charge in [0.15, 0.2) is 0 Å². The second-order valence-electron chi connectivity index (χ2n) is 3.41. The van der Waals surface area contributed by atoms with E-state index in [1.165, 1.54) is 25.1 Å². The Morgan fingerprint density at radius 3 is 3.08 bits per heavy atom. The minimum Gasteiger partial charge on any atom is -0.310 e. The molecule has 1 aliphatic heterocycles. The van der Waals surface area contributed by atoms with Crippen molar-refractivity contribution in [3.63, 3.8) is 0 Å². The average molecular weight is 180 g/mol. The number of halogens is 1. The van der Waals surface area contributed by atoms with E-state index in [4.69, 9.17) is 0 Å². The largest absolute Gasteiger partial charge is 0.310 e. The van der Waals surface area contributed by atoms with E-state index in [9.17, 15) is 4.39 Å². The Labute approximate surface area is 77.2 Å². The van der Waals surface area contributed by atoms with Crippen molar-refractivity contribution < 1.29 is 4.39 Å². The maximum absolute atomic E-state index is 12.8. The van der Waals surface area contributed by atoms with Gasteiger partial charge in [0.2, 0.25) is 5.95 Å². The molecule has 1 aliphatic rings. The number of hydrogen-bond donors (Lipinski definition) is 1. The molecule has 0 aliphatic carbocycles. The summed E-state index contributed by atoms with van der Waals surface area (Å²) in [5, 5.41) is 3.37. The normalized spacial score (nSPS) is 23.0. The van der Waals surface area contributed by atoms with Crippen LogP contribution in [-0.4, -0.2) is 11.5 Å². The molecule has 70 valence electrons. The van der Waals surface area contributed by atoms with Crippen molar-refractivity contribution in [1.29, 1.82) is 0 Å². The van der Waals surface area contributed by atoms with Gasteiger partial charge in [-0.15, -0.1) is 0 Å². The Morgan fingerprint density at radius 1 is 1.46 bits per heavy atom. The first-order valence-corrected chi connectivity index (χ1v) is 4.71. The average Bonchev–Trinajstić information content (AvgIpc) is 2.19. The molecule has 13 heavy (non-hydrogen) atoms. The van der Waals surface area contributed by atoms with Gasteiger partial charge in [0, 0.05) is 12.2 Å². The third-order valence-electron chi connectivity index (χ3n) is 2.46. The lowest BCUT2D eigenvalue weighted by Crippen LogP contribution is -2.26. The third-order valence-corrected chi connectivity index (χ3v) is 2.46. The molecule has 1 fully saturated rings. The zero-order valence-corrected chi connectivity index (χ0v) is 7.46. The number of pyridine rings is 1. The molecule has 0 spiro atoms. The van der Waals surface area contributed by atoms with E-state index in [0.717, 1.165) is 18.5 Å². The van der Waals surface area contributed by atoms with Crippen LogP contribution in [0.5, 0.6) is 0 Å². The summed E-state index contributed by atoms with van der Waals surface area (Å²) in [5.74, 6) is -0.384. The van der Waals surface area contributed by atoms with Crippen LogP contribution >= 0.6 is 0 Å².